The molecule has 0 aliphatic carbocycles. The molecule has 5 amide bonds. The van der Waals surface area contributed by atoms with E-state index in [4.69, 9.17) is 9.47 Å². The van der Waals surface area contributed by atoms with E-state index in [0.717, 1.165) is 26.0 Å². The van der Waals surface area contributed by atoms with Gasteiger partial charge in [-0.2, -0.15) is 0 Å². The first kappa shape index (κ1) is 44.7. The van der Waals surface area contributed by atoms with Gasteiger partial charge in [0.1, 0.15) is 18.2 Å². The largest absolute Gasteiger partial charge is 0.444 e. The number of thiazole rings is 2. The first-order valence-corrected chi connectivity index (χ1v) is 20.7. The molecule has 0 saturated carbocycles. The fraction of sp³-hybridized carbons (Fsp3) is 0.463. The van der Waals surface area contributed by atoms with E-state index >= 15 is 0 Å². The van der Waals surface area contributed by atoms with E-state index in [1.54, 1.807) is 46.3 Å². The first-order valence-electron chi connectivity index (χ1n) is 18.9. The molecule has 4 unspecified atom stereocenters. The number of hydrogen-bond donors (Lipinski definition) is 5. The maximum Gasteiger partial charge on any atom is 0.426 e. The molecule has 0 aliphatic rings. The van der Waals surface area contributed by atoms with Gasteiger partial charge in [0.15, 0.2) is 0 Å². The molecule has 0 aliphatic heterocycles. The minimum Gasteiger partial charge on any atom is -0.444 e. The van der Waals surface area contributed by atoms with Crippen molar-refractivity contribution in [2.45, 2.75) is 117 Å². The number of aromatic nitrogens is 2. The lowest BCUT2D eigenvalue weighted by Crippen LogP contribution is -2.58. The molecule has 0 spiro atoms. The minimum atomic E-state index is -1.12. The quantitative estimate of drug-likeness (QED) is 0.0723. The molecule has 0 fully saturated rings. The fourth-order valence-corrected chi connectivity index (χ4v) is 7.11. The Hall–Kier alpha value is -5.06. The molecule has 2 heterocycles. The van der Waals surface area contributed by atoms with Crippen LogP contribution in [0, 0.1) is 5.92 Å². The number of carbonyl (C=O) groups is 4. The lowest BCUT2D eigenvalue weighted by molar-refractivity contribution is -0.124. The van der Waals surface area contributed by atoms with Gasteiger partial charge in [0.25, 0.3) is 0 Å². The number of amides is 5. The highest BCUT2D eigenvalue weighted by atomic mass is 32.1. The van der Waals surface area contributed by atoms with Crippen molar-refractivity contribution in [1.82, 2.24) is 36.4 Å². The van der Waals surface area contributed by atoms with Crippen molar-refractivity contribution in [3.05, 3.63) is 104 Å². The third kappa shape index (κ3) is 15.4. The molecule has 4 rings (SSSR count). The van der Waals surface area contributed by atoms with Gasteiger partial charge in [0.05, 0.1) is 39.8 Å². The molecule has 2 aromatic heterocycles. The number of aliphatic hydroxyl groups excluding tert-OH is 1. The maximum atomic E-state index is 14.2. The van der Waals surface area contributed by atoms with Crippen LogP contribution in [0.15, 0.2) is 77.8 Å². The molecule has 2 aromatic carbocycles. The van der Waals surface area contributed by atoms with Gasteiger partial charge in [0.2, 0.25) is 5.91 Å². The molecule has 5 N–H and O–H groups in total. The molecular weight excluding hydrogens is 767 g/mol. The Morgan fingerprint density at radius 3 is 2.07 bits per heavy atom. The standard InChI is InChI=1S/C41H55N7O7S2/c1-26(2)35(46-38(51)48(47-40(53)55-41(5,6)7)22-31-24-56-37(44-31)27(3)4)36(50)43-30(18-28-14-10-8-11-15-28)20-34(49)33(19-29-16-12-9-13-17-29)45-39(52)54-23-32-21-42-25-57-32/h8-17,21,24-27,30,33-35,49H,18-20,22-23H2,1-7H3,(H,43,50)(H,45,52)(H,46,51)(H,47,53). The highest BCUT2D eigenvalue weighted by Crippen LogP contribution is 2.21. The van der Waals surface area contributed by atoms with Gasteiger partial charge in [0, 0.05) is 23.5 Å². The summed E-state index contributed by atoms with van der Waals surface area (Å²) in [5, 5.41) is 24.2. The number of benzene rings is 2. The molecule has 14 nitrogen and oxygen atoms in total. The zero-order chi connectivity index (χ0) is 41.5. The molecule has 4 atom stereocenters. The highest BCUT2D eigenvalue weighted by Gasteiger charge is 2.32. The van der Waals surface area contributed by atoms with Crippen molar-refractivity contribution < 1.29 is 33.8 Å². The number of hydrazine groups is 1. The van der Waals surface area contributed by atoms with Gasteiger partial charge >= 0.3 is 18.2 Å². The Morgan fingerprint density at radius 2 is 1.51 bits per heavy atom. The molecule has 0 saturated heterocycles. The number of hydrogen-bond acceptors (Lipinski definition) is 11. The number of nitrogens with one attached hydrogen (secondary N) is 4. The Balaban J connectivity index is 1.53. The number of alkyl carbamates (subject to hydrolysis) is 1. The zero-order valence-corrected chi connectivity index (χ0v) is 35.2. The van der Waals surface area contributed by atoms with Crippen LogP contribution in [0.5, 0.6) is 0 Å². The van der Waals surface area contributed by atoms with Gasteiger partial charge in [-0.15, -0.1) is 22.7 Å². The summed E-state index contributed by atoms with van der Waals surface area (Å²) in [6.07, 6.45) is -0.333. The van der Waals surface area contributed by atoms with Gasteiger partial charge in [-0.25, -0.2) is 29.8 Å². The van der Waals surface area contributed by atoms with Gasteiger partial charge in [-0.05, 0) is 57.1 Å². The van der Waals surface area contributed by atoms with E-state index in [1.165, 1.54) is 22.7 Å². The summed E-state index contributed by atoms with van der Waals surface area (Å²) in [5.74, 6) is -0.697. The molecule has 308 valence electrons. The van der Waals surface area contributed by atoms with Crippen LogP contribution in [-0.2, 0) is 40.3 Å². The Bertz CT molecular complexity index is 1850. The third-order valence-corrected chi connectivity index (χ3v) is 10.5. The molecular formula is C41H55N7O7S2. The summed E-state index contributed by atoms with van der Waals surface area (Å²) in [5.41, 5.74) is 5.70. The maximum absolute atomic E-state index is 14.2. The van der Waals surface area contributed by atoms with Crippen LogP contribution in [0.4, 0.5) is 14.4 Å². The van der Waals surface area contributed by atoms with Gasteiger partial charge < -0.3 is 30.5 Å². The van der Waals surface area contributed by atoms with E-state index in [2.05, 4.69) is 31.3 Å². The number of urea groups is 1. The second kappa shape index (κ2) is 21.5. The highest BCUT2D eigenvalue weighted by molar-refractivity contribution is 7.09. The van der Waals surface area contributed by atoms with Crippen molar-refractivity contribution >= 4 is 46.8 Å². The van der Waals surface area contributed by atoms with Crippen molar-refractivity contribution in [1.29, 1.82) is 0 Å². The number of aliphatic hydroxyl groups is 1. The van der Waals surface area contributed by atoms with E-state index in [9.17, 15) is 24.3 Å². The van der Waals surface area contributed by atoms with Crippen molar-refractivity contribution in [3.8, 4) is 0 Å². The van der Waals surface area contributed by atoms with Gasteiger partial charge in [-0.3, -0.25) is 9.78 Å². The zero-order valence-electron chi connectivity index (χ0n) is 33.6. The van der Waals surface area contributed by atoms with Crippen molar-refractivity contribution in [3.63, 3.8) is 0 Å². The van der Waals surface area contributed by atoms with Gasteiger partial charge in [-0.1, -0.05) is 88.4 Å². The minimum absolute atomic E-state index is 0.0349. The van der Waals surface area contributed by atoms with Crippen LogP contribution in [0.3, 0.4) is 0 Å². The van der Waals surface area contributed by atoms with Crippen molar-refractivity contribution in [2.75, 3.05) is 0 Å². The predicted octanol–water partition coefficient (Wildman–Crippen LogP) is 6.72. The number of nitrogens with zero attached hydrogens (tertiary/aromatic N) is 3. The van der Waals surface area contributed by atoms with E-state index in [0.29, 0.717) is 18.5 Å². The smallest absolute Gasteiger partial charge is 0.426 e. The average molecular weight is 822 g/mol. The van der Waals surface area contributed by atoms with Crippen LogP contribution in [0.25, 0.3) is 0 Å². The van der Waals surface area contributed by atoms with E-state index in [1.807, 2.05) is 79.9 Å². The predicted molar refractivity (Wildman–Crippen MR) is 220 cm³/mol. The Kier molecular flexibility index (Phi) is 16.8. The fourth-order valence-electron chi connectivity index (χ4n) is 5.77. The number of ether oxygens (including phenoxy) is 2. The Morgan fingerprint density at radius 1 is 0.860 bits per heavy atom. The summed E-state index contributed by atoms with van der Waals surface area (Å²) in [6, 6.07) is 15.8. The summed E-state index contributed by atoms with van der Waals surface area (Å²) in [7, 11) is 0. The third-order valence-electron chi connectivity index (χ3n) is 8.57. The molecule has 16 heteroatoms. The Labute approximate surface area is 342 Å². The van der Waals surface area contributed by atoms with Crippen LogP contribution in [0.2, 0.25) is 0 Å². The molecule has 0 radical (unpaired) electrons. The summed E-state index contributed by atoms with van der Waals surface area (Å²) >= 11 is 2.82. The molecule has 0 bridgehead atoms. The van der Waals surface area contributed by atoms with Crippen LogP contribution >= 0.6 is 22.7 Å². The monoisotopic (exact) mass is 821 g/mol. The van der Waals surface area contributed by atoms with E-state index < -0.39 is 54.0 Å². The molecule has 4 aromatic rings. The number of rotatable bonds is 17. The van der Waals surface area contributed by atoms with Crippen molar-refractivity contribution in [2.24, 2.45) is 5.92 Å². The van der Waals surface area contributed by atoms with E-state index in [-0.39, 0.29) is 31.4 Å². The second-order valence-electron chi connectivity index (χ2n) is 15.4. The number of carbonyl (C=O) groups excluding carboxylic acids is 4. The summed E-state index contributed by atoms with van der Waals surface area (Å²) < 4.78 is 10.9. The molecule has 57 heavy (non-hydrogen) atoms. The lowest BCUT2D eigenvalue weighted by atomic mass is 9.93. The normalized spacial score (nSPS) is 13.6. The summed E-state index contributed by atoms with van der Waals surface area (Å²) in [4.78, 5) is 63.3. The average Bonchev–Trinajstić information content (AvgIpc) is 3.85. The van der Waals surface area contributed by atoms with Crippen LogP contribution < -0.4 is 21.4 Å². The second-order valence-corrected chi connectivity index (χ2v) is 17.2. The topological polar surface area (TPSA) is 184 Å². The first-order chi connectivity index (χ1) is 27.1. The van der Waals surface area contributed by atoms with Crippen LogP contribution in [-0.4, -0.2) is 74.0 Å². The lowest BCUT2D eigenvalue weighted by Gasteiger charge is -2.31. The summed E-state index contributed by atoms with van der Waals surface area (Å²) in [6.45, 7) is 12.7. The van der Waals surface area contributed by atoms with Crippen LogP contribution in [0.1, 0.15) is 87.5 Å². The SMILES string of the molecule is CC(C)c1nc(CN(NC(=O)OC(C)(C)C)C(=O)NC(C(=O)NC(Cc2ccccc2)CC(O)C(Cc2ccccc2)NC(=O)OCc2cncs2)C(C)C)cs1.